The van der Waals surface area contributed by atoms with Gasteiger partial charge in [0.15, 0.2) is 0 Å². The van der Waals surface area contributed by atoms with Crippen LogP contribution in [0.25, 0.3) is 0 Å². The molecule has 1 saturated carbocycles. The molecule has 0 spiro atoms. The molecule has 1 rings (SSSR count). The van der Waals surface area contributed by atoms with Gasteiger partial charge in [-0.15, -0.1) is 0 Å². The predicted molar refractivity (Wildman–Crippen MR) is 65.1 cm³/mol. The van der Waals surface area contributed by atoms with Gasteiger partial charge in [-0.25, -0.2) is 0 Å². The molecule has 2 atom stereocenters. The van der Waals surface area contributed by atoms with Gasteiger partial charge < -0.3 is 10.1 Å². The van der Waals surface area contributed by atoms with Gasteiger partial charge in [-0.3, -0.25) is 0 Å². The minimum absolute atomic E-state index is 0.0741. The third-order valence-corrected chi connectivity index (χ3v) is 3.37. The quantitative estimate of drug-likeness (QED) is 0.775. The SMILES string of the molecule is CCOC1(CNC)CC(C)CC(C)(C)C1. The molecule has 2 nitrogen and oxygen atoms in total. The van der Waals surface area contributed by atoms with E-state index in [9.17, 15) is 0 Å². The first-order chi connectivity index (χ1) is 6.93. The zero-order valence-electron chi connectivity index (χ0n) is 11.0. The molecule has 90 valence electrons. The lowest BCUT2D eigenvalue weighted by molar-refractivity contribution is -0.104. The highest BCUT2D eigenvalue weighted by Crippen LogP contribution is 2.45. The van der Waals surface area contributed by atoms with Gasteiger partial charge in [0.2, 0.25) is 0 Å². The smallest absolute Gasteiger partial charge is 0.0813 e. The van der Waals surface area contributed by atoms with Crippen molar-refractivity contribution in [2.24, 2.45) is 11.3 Å². The van der Waals surface area contributed by atoms with Crippen LogP contribution in [-0.4, -0.2) is 25.8 Å². The predicted octanol–water partition coefficient (Wildman–Crippen LogP) is 2.83. The molecule has 15 heavy (non-hydrogen) atoms. The van der Waals surface area contributed by atoms with Crippen LogP contribution in [0.1, 0.15) is 47.0 Å². The highest BCUT2D eigenvalue weighted by molar-refractivity contribution is 4.95. The van der Waals surface area contributed by atoms with E-state index in [1.54, 1.807) is 0 Å². The Labute approximate surface area is 94.8 Å². The summed E-state index contributed by atoms with van der Waals surface area (Å²) in [7, 11) is 2.02. The summed E-state index contributed by atoms with van der Waals surface area (Å²) >= 11 is 0. The number of rotatable bonds is 4. The molecule has 1 aliphatic rings. The Morgan fingerprint density at radius 2 is 2.00 bits per heavy atom. The van der Waals surface area contributed by atoms with Gasteiger partial charge in [-0.1, -0.05) is 20.8 Å². The zero-order valence-corrected chi connectivity index (χ0v) is 11.0. The Morgan fingerprint density at radius 1 is 1.33 bits per heavy atom. The van der Waals surface area contributed by atoms with E-state index >= 15 is 0 Å². The van der Waals surface area contributed by atoms with Crippen molar-refractivity contribution in [3.8, 4) is 0 Å². The first-order valence-corrected chi connectivity index (χ1v) is 6.22. The largest absolute Gasteiger partial charge is 0.374 e. The Hall–Kier alpha value is -0.0800. The molecule has 0 saturated heterocycles. The van der Waals surface area contributed by atoms with Crippen molar-refractivity contribution in [3.63, 3.8) is 0 Å². The average Bonchev–Trinajstić information content (AvgIpc) is 1.99. The Balaban J connectivity index is 2.76. The molecule has 0 aromatic carbocycles. The summed E-state index contributed by atoms with van der Waals surface area (Å²) in [6.07, 6.45) is 3.70. The van der Waals surface area contributed by atoms with Gasteiger partial charge in [-0.05, 0) is 44.6 Å². The molecule has 0 bridgehead atoms. The summed E-state index contributed by atoms with van der Waals surface area (Å²) in [6.45, 7) is 11.0. The third kappa shape index (κ3) is 3.46. The lowest BCUT2D eigenvalue weighted by atomic mass is 9.65. The molecule has 0 amide bonds. The molecule has 0 radical (unpaired) electrons. The van der Waals surface area contributed by atoms with Crippen LogP contribution in [0, 0.1) is 11.3 Å². The standard InChI is InChI=1S/C13H27NO/c1-6-15-13(10-14-5)8-11(2)7-12(3,4)9-13/h11,14H,6-10H2,1-5H3. The highest BCUT2D eigenvalue weighted by atomic mass is 16.5. The first-order valence-electron chi connectivity index (χ1n) is 6.22. The Kier molecular flexibility index (Phi) is 4.19. The molecule has 0 aromatic rings. The fourth-order valence-corrected chi connectivity index (χ4v) is 3.59. The van der Waals surface area contributed by atoms with Crippen LogP contribution in [0.15, 0.2) is 0 Å². The lowest BCUT2D eigenvalue weighted by Crippen LogP contribution is -2.50. The maximum Gasteiger partial charge on any atom is 0.0813 e. The fourth-order valence-electron chi connectivity index (χ4n) is 3.59. The van der Waals surface area contributed by atoms with Crippen molar-refractivity contribution in [1.82, 2.24) is 5.32 Å². The van der Waals surface area contributed by atoms with Gasteiger partial charge in [0, 0.05) is 13.2 Å². The molecule has 0 aromatic heterocycles. The van der Waals surface area contributed by atoms with Crippen molar-refractivity contribution >= 4 is 0 Å². The maximum absolute atomic E-state index is 6.05. The van der Waals surface area contributed by atoms with Crippen molar-refractivity contribution in [1.29, 1.82) is 0 Å². The van der Waals surface area contributed by atoms with E-state index in [0.717, 1.165) is 19.1 Å². The summed E-state index contributed by atoms with van der Waals surface area (Å²) in [6, 6.07) is 0. The summed E-state index contributed by atoms with van der Waals surface area (Å²) in [5, 5.41) is 3.30. The van der Waals surface area contributed by atoms with Gasteiger partial charge in [0.25, 0.3) is 0 Å². The molecule has 2 unspecified atom stereocenters. The van der Waals surface area contributed by atoms with E-state index in [-0.39, 0.29) is 5.60 Å². The molecule has 1 N–H and O–H groups in total. The summed E-state index contributed by atoms with van der Waals surface area (Å²) in [5.41, 5.74) is 0.494. The van der Waals surface area contributed by atoms with E-state index in [2.05, 4.69) is 33.0 Å². The highest BCUT2D eigenvalue weighted by Gasteiger charge is 2.42. The third-order valence-electron chi connectivity index (χ3n) is 3.37. The summed E-state index contributed by atoms with van der Waals surface area (Å²) in [5.74, 6) is 0.772. The fraction of sp³-hybridized carbons (Fsp3) is 1.00. The Morgan fingerprint density at radius 3 is 2.47 bits per heavy atom. The van der Waals surface area contributed by atoms with E-state index in [0.29, 0.717) is 5.41 Å². The van der Waals surface area contributed by atoms with Crippen LogP contribution in [-0.2, 0) is 4.74 Å². The minimum atomic E-state index is 0.0741. The molecule has 1 aliphatic carbocycles. The first kappa shape index (κ1) is 13.0. The molecule has 2 heteroatoms. The van der Waals surface area contributed by atoms with Crippen LogP contribution in [0.4, 0.5) is 0 Å². The van der Waals surface area contributed by atoms with Crippen LogP contribution < -0.4 is 5.32 Å². The second kappa shape index (κ2) is 4.84. The summed E-state index contributed by atoms with van der Waals surface area (Å²) < 4.78 is 6.05. The molecule has 1 fully saturated rings. The van der Waals surface area contributed by atoms with Gasteiger partial charge in [0.05, 0.1) is 5.60 Å². The average molecular weight is 213 g/mol. The van der Waals surface area contributed by atoms with Gasteiger partial charge >= 0.3 is 0 Å². The number of nitrogens with one attached hydrogen (secondary N) is 1. The lowest BCUT2D eigenvalue weighted by Gasteiger charge is -2.47. The van der Waals surface area contributed by atoms with Crippen molar-refractivity contribution in [3.05, 3.63) is 0 Å². The van der Waals surface area contributed by atoms with Crippen molar-refractivity contribution in [2.75, 3.05) is 20.2 Å². The maximum atomic E-state index is 6.05. The molecule has 0 heterocycles. The molecular formula is C13H27NO. The van der Waals surface area contributed by atoms with Crippen LogP contribution in [0.3, 0.4) is 0 Å². The monoisotopic (exact) mass is 213 g/mol. The molecular weight excluding hydrogens is 186 g/mol. The van der Waals surface area contributed by atoms with Crippen LogP contribution in [0.2, 0.25) is 0 Å². The number of likely N-dealkylation sites (N-methyl/N-ethyl adjacent to an activating group) is 1. The molecule has 0 aliphatic heterocycles. The number of ether oxygens (including phenoxy) is 1. The number of hydrogen-bond acceptors (Lipinski definition) is 2. The second-order valence-electron chi connectivity index (χ2n) is 6.00. The van der Waals surface area contributed by atoms with E-state index in [4.69, 9.17) is 4.74 Å². The minimum Gasteiger partial charge on any atom is -0.374 e. The van der Waals surface area contributed by atoms with E-state index in [1.807, 2.05) is 7.05 Å². The van der Waals surface area contributed by atoms with Crippen LogP contribution in [0.5, 0.6) is 0 Å². The normalized spacial score (nSPS) is 35.4. The van der Waals surface area contributed by atoms with Crippen LogP contribution >= 0.6 is 0 Å². The van der Waals surface area contributed by atoms with Gasteiger partial charge in [-0.2, -0.15) is 0 Å². The topological polar surface area (TPSA) is 21.3 Å². The van der Waals surface area contributed by atoms with Crippen molar-refractivity contribution < 1.29 is 4.74 Å². The van der Waals surface area contributed by atoms with Gasteiger partial charge in [0.1, 0.15) is 0 Å². The number of hydrogen-bond donors (Lipinski definition) is 1. The second-order valence-corrected chi connectivity index (χ2v) is 6.00. The Bertz CT molecular complexity index is 195. The van der Waals surface area contributed by atoms with E-state index in [1.165, 1.54) is 19.3 Å². The zero-order chi connectivity index (χ0) is 11.5. The van der Waals surface area contributed by atoms with Crippen molar-refractivity contribution in [2.45, 2.75) is 52.6 Å². The van der Waals surface area contributed by atoms with E-state index < -0.39 is 0 Å². The summed E-state index contributed by atoms with van der Waals surface area (Å²) in [4.78, 5) is 0.